The molecule has 0 radical (unpaired) electrons. The molecule has 34 heavy (non-hydrogen) atoms. The minimum Gasteiger partial charge on any atom is -0.372 e. The first-order valence-electron chi connectivity index (χ1n) is 11.8. The molecule has 3 rings (SSSR count). The summed E-state index contributed by atoms with van der Waals surface area (Å²) in [5.74, 6) is -0.130. The van der Waals surface area contributed by atoms with E-state index in [1.54, 1.807) is 11.9 Å². The van der Waals surface area contributed by atoms with E-state index in [1.807, 2.05) is 0 Å². The fourth-order valence-electron chi connectivity index (χ4n) is 4.13. The number of Topliss-reactive ketones (excluding diaryl/α,β-unsaturated/α-hetero) is 1. The summed E-state index contributed by atoms with van der Waals surface area (Å²) in [7, 11) is -0.387. The zero-order valence-electron chi connectivity index (χ0n) is 20.4. The molecule has 2 aromatic rings. The van der Waals surface area contributed by atoms with Crippen molar-refractivity contribution in [2.45, 2.75) is 50.5 Å². The Bertz CT molecular complexity index is 1080. The summed E-state index contributed by atoms with van der Waals surface area (Å²) in [5, 5.41) is 0. The fraction of sp³-hybridized carbons (Fsp3) is 0.462. The van der Waals surface area contributed by atoms with Gasteiger partial charge < -0.3 is 9.80 Å². The van der Waals surface area contributed by atoms with Gasteiger partial charge in [-0.05, 0) is 62.4 Å². The van der Waals surface area contributed by atoms with Crippen LogP contribution in [0.1, 0.15) is 54.9 Å². The van der Waals surface area contributed by atoms with Crippen molar-refractivity contribution in [2.24, 2.45) is 0 Å². The van der Waals surface area contributed by atoms with Crippen LogP contribution in [0.4, 0.5) is 5.69 Å². The van der Waals surface area contributed by atoms with Crippen molar-refractivity contribution >= 4 is 27.4 Å². The van der Waals surface area contributed by atoms with Crippen LogP contribution in [0.25, 0.3) is 0 Å². The Morgan fingerprint density at radius 2 is 1.53 bits per heavy atom. The van der Waals surface area contributed by atoms with Gasteiger partial charge in [-0.15, -0.1) is 0 Å². The van der Waals surface area contributed by atoms with Crippen molar-refractivity contribution in [2.75, 3.05) is 38.6 Å². The van der Waals surface area contributed by atoms with Crippen molar-refractivity contribution in [1.29, 1.82) is 0 Å². The number of nitrogens with zero attached hydrogens (tertiary/aromatic N) is 3. The van der Waals surface area contributed by atoms with Crippen LogP contribution < -0.4 is 4.90 Å². The topological polar surface area (TPSA) is 78.0 Å². The summed E-state index contributed by atoms with van der Waals surface area (Å²) in [5.41, 5.74) is 2.78. The summed E-state index contributed by atoms with van der Waals surface area (Å²) in [6.45, 7) is 4.41. The highest BCUT2D eigenvalue weighted by atomic mass is 32.2. The number of hydrogen-bond donors (Lipinski definition) is 0. The number of sulfonamides is 1. The highest BCUT2D eigenvalue weighted by Crippen LogP contribution is 2.21. The second-order valence-electron chi connectivity index (χ2n) is 8.97. The molecule has 184 valence electrons. The normalized spacial score (nSPS) is 14.3. The molecule has 0 aromatic heterocycles. The summed E-state index contributed by atoms with van der Waals surface area (Å²) in [4.78, 5) is 28.2. The first-order chi connectivity index (χ1) is 16.2. The van der Waals surface area contributed by atoms with Crippen LogP contribution >= 0.6 is 0 Å². The summed E-state index contributed by atoms with van der Waals surface area (Å²) >= 11 is 0. The van der Waals surface area contributed by atoms with E-state index < -0.39 is 10.0 Å². The predicted octanol–water partition coefficient (Wildman–Crippen LogP) is 3.94. The Hall–Kier alpha value is -2.71. The van der Waals surface area contributed by atoms with Crippen LogP contribution in [0.5, 0.6) is 0 Å². The lowest BCUT2D eigenvalue weighted by molar-refractivity contribution is -0.130. The number of hydrogen-bond acceptors (Lipinski definition) is 5. The number of ketones is 1. The van der Waals surface area contributed by atoms with E-state index in [4.69, 9.17) is 0 Å². The molecule has 1 heterocycles. The molecule has 1 aliphatic rings. The zero-order valence-corrected chi connectivity index (χ0v) is 21.2. The lowest BCUT2D eigenvalue weighted by Crippen LogP contribution is -2.30. The molecule has 8 heteroatoms. The van der Waals surface area contributed by atoms with Gasteiger partial charge in [-0.25, -0.2) is 12.7 Å². The molecule has 7 nitrogen and oxygen atoms in total. The molecule has 1 saturated heterocycles. The molecule has 0 N–H and O–H groups in total. The molecule has 0 saturated carbocycles. The Morgan fingerprint density at radius 1 is 0.912 bits per heavy atom. The van der Waals surface area contributed by atoms with Gasteiger partial charge in [-0.1, -0.05) is 24.3 Å². The zero-order chi connectivity index (χ0) is 24.7. The largest absolute Gasteiger partial charge is 0.372 e. The van der Waals surface area contributed by atoms with Crippen LogP contribution in [-0.4, -0.2) is 63.0 Å². The average molecular weight is 486 g/mol. The molecule has 0 atom stereocenters. The maximum Gasteiger partial charge on any atom is 0.242 e. The molecule has 0 spiro atoms. The fourth-order valence-corrected chi connectivity index (χ4v) is 5.34. The molecule has 2 aromatic carbocycles. The molecule has 1 amide bonds. The third-order valence-electron chi connectivity index (χ3n) is 6.34. The third-order valence-corrected chi connectivity index (χ3v) is 8.21. The van der Waals surface area contributed by atoms with Gasteiger partial charge in [0.1, 0.15) is 0 Å². The van der Waals surface area contributed by atoms with Crippen molar-refractivity contribution in [3.63, 3.8) is 0 Å². The van der Waals surface area contributed by atoms with Crippen molar-refractivity contribution < 1.29 is 18.0 Å². The van der Waals surface area contributed by atoms with Crippen molar-refractivity contribution in [3.05, 3.63) is 59.7 Å². The number of carbonyl (C=O) groups is 2. The molecule has 0 unspecified atom stereocenters. The van der Waals surface area contributed by atoms with E-state index in [-0.39, 0.29) is 29.6 Å². The summed E-state index contributed by atoms with van der Waals surface area (Å²) < 4.78 is 26.7. The van der Waals surface area contributed by atoms with Crippen molar-refractivity contribution in [3.8, 4) is 0 Å². The number of rotatable bonds is 10. The van der Waals surface area contributed by atoms with Crippen LogP contribution in [0.3, 0.4) is 0 Å². The van der Waals surface area contributed by atoms with Gasteiger partial charge in [0.15, 0.2) is 5.78 Å². The second kappa shape index (κ2) is 11.6. The maximum absolute atomic E-state index is 12.7. The summed E-state index contributed by atoms with van der Waals surface area (Å²) in [6.07, 6.45) is 4.48. The van der Waals surface area contributed by atoms with Gasteiger partial charge >= 0.3 is 0 Å². The smallest absolute Gasteiger partial charge is 0.242 e. The quantitative estimate of drug-likeness (QED) is 0.477. The summed E-state index contributed by atoms with van der Waals surface area (Å²) in [6, 6.07) is 14.3. The van der Waals surface area contributed by atoms with Gasteiger partial charge in [-0.2, -0.15) is 0 Å². The first kappa shape index (κ1) is 25.9. The minimum atomic E-state index is -3.67. The minimum absolute atomic E-state index is 0.0169. The number of amides is 1. The van der Waals surface area contributed by atoms with E-state index >= 15 is 0 Å². The average Bonchev–Trinajstić information content (AvgIpc) is 2.84. The van der Waals surface area contributed by atoms with Gasteiger partial charge in [0.25, 0.3) is 0 Å². The first-order valence-corrected chi connectivity index (χ1v) is 13.3. The van der Waals surface area contributed by atoms with Crippen LogP contribution in [0.2, 0.25) is 0 Å². The van der Waals surface area contributed by atoms with Gasteiger partial charge in [0.2, 0.25) is 15.9 Å². The SMILES string of the molecule is CC(=O)c1ccc(S(=O)(=O)N(C)CCCC(=O)N(C)Cc2ccc(N3CCCCC3)cc2)cc1. The van der Waals surface area contributed by atoms with E-state index in [1.165, 1.54) is 67.5 Å². The van der Waals surface area contributed by atoms with E-state index in [9.17, 15) is 18.0 Å². The highest BCUT2D eigenvalue weighted by molar-refractivity contribution is 7.89. The Kier molecular flexibility index (Phi) is 8.85. The molecular weight excluding hydrogens is 450 g/mol. The number of anilines is 1. The molecule has 0 bridgehead atoms. The monoisotopic (exact) mass is 485 g/mol. The third kappa shape index (κ3) is 6.67. The van der Waals surface area contributed by atoms with Gasteiger partial charge in [-0.3, -0.25) is 9.59 Å². The number of carbonyl (C=O) groups excluding carboxylic acids is 2. The Labute approximate surface area is 203 Å². The molecule has 0 aliphatic carbocycles. The van der Waals surface area contributed by atoms with Crippen LogP contribution in [-0.2, 0) is 21.4 Å². The van der Waals surface area contributed by atoms with Gasteiger partial charge in [0, 0.05) is 57.9 Å². The maximum atomic E-state index is 12.7. The van der Waals surface area contributed by atoms with Crippen LogP contribution in [0, 0.1) is 0 Å². The van der Waals surface area contributed by atoms with E-state index in [0.717, 1.165) is 18.7 Å². The Morgan fingerprint density at radius 3 is 2.12 bits per heavy atom. The highest BCUT2D eigenvalue weighted by Gasteiger charge is 2.21. The molecule has 1 aliphatic heterocycles. The predicted molar refractivity (Wildman–Crippen MR) is 134 cm³/mol. The van der Waals surface area contributed by atoms with E-state index in [2.05, 4.69) is 29.2 Å². The number of benzene rings is 2. The lowest BCUT2D eigenvalue weighted by Gasteiger charge is -2.29. The lowest BCUT2D eigenvalue weighted by atomic mass is 10.1. The van der Waals surface area contributed by atoms with E-state index in [0.29, 0.717) is 18.5 Å². The van der Waals surface area contributed by atoms with Crippen molar-refractivity contribution in [1.82, 2.24) is 9.21 Å². The Balaban J connectivity index is 1.46. The molecule has 1 fully saturated rings. The number of piperidine rings is 1. The molecular formula is C26H35N3O4S. The van der Waals surface area contributed by atoms with Gasteiger partial charge in [0.05, 0.1) is 4.90 Å². The standard InChI is InChI=1S/C26H35N3O4S/c1-21(30)23-11-15-25(16-12-23)34(32,33)28(3)17-7-8-26(31)27(2)20-22-9-13-24(14-10-22)29-18-5-4-6-19-29/h9-16H,4-8,17-20H2,1-3H3. The second-order valence-corrected chi connectivity index (χ2v) is 11.0. The van der Waals surface area contributed by atoms with Crippen LogP contribution in [0.15, 0.2) is 53.4 Å².